The van der Waals surface area contributed by atoms with Crippen molar-refractivity contribution in [3.63, 3.8) is 0 Å². The highest BCUT2D eigenvalue weighted by Crippen LogP contribution is 2.40. The summed E-state index contributed by atoms with van der Waals surface area (Å²) in [4.78, 5) is 27.1. The number of hydrogen-bond acceptors (Lipinski definition) is 6. The molecule has 30 heavy (non-hydrogen) atoms. The highest BCUT2D eigenvalue weighted by molar-refractivity contribution is 7.93. The van der Waals surface area contributed by atoms with Crippen molar-refractivity contribution in [2.24, 2.45) is 0 Å². The molecule has 2 aliphatic rings. The molecule has 1 amide bonds. The Kier molecular flexibility index (Phi) is 5.59. The number of amides is 1. The van der Waals surface area contributed by atoms with Crippen molar-refractivity contribution in [2.45, 2.75) is 50.8 Å². The van der Waals surface area contributed by atoms with E-state index in [-0.39, 0.29) is 17.4 Å². The first-order valence-corrected chi connectivity index (χ1v) is 12.4. The first kappa shape index (κ1) is 20.9. The number of carbonyl (C=O) groups is 2. The molecule has 0 fully saturated rings. The molecule has 1 aromatic heterocycles. The maximum Gasteiger partial charge on any atom is 0.341 e. The number of carbonyl (C=O) groups excluding carboxylic acids is 2. The molecule has 2 heterocycles. The predicted octanol–water partition coefficient (Wildman–Crippen LogP) is 3.51. The molecule has 2 aromatic rings. The standard InChI is InChI=1S/C21H24N2O5S2/c1-3-28-21(25)19-16-6-4-5-7-18(16)29-20(19)22-30(26,27)15-8-9-17-14(12-15)10-11-23(17)13(2)24/h8-9,12,22H,3-7,10-11H2,1-2H3. The van der Waals surface area contributed by atoms with Gasteiger partial charge < -0.3 is 9.64 Å². The van der Waals surface area contributed by atoms with Gasteiger partial charge in [-0.2, -0.15) is 0 Å². The summed E-state index contributed by atoms with van der Waals surface area (Å²) >= 11 is 1.32. The van der Waals surface area contributed by atoms with E-state index in [0.717, 1.165) is 47.4 Å². The van der Waals surface area contributed by atoms with Gasteiger partial charge in [-0.25, -0.2) is 13.2 Å². The molecule has 0 radical (unpaired) electrons. The summed E-state index contributed by atoms with van der Waals surface area (Å²) in [6, 6.07) is 4.78. The van der Waals surface area contributed by atoms with Crippen LogP contribution in [0.15, 0.2) is 23.1 Å². The molecule has 9 heteroatoms. The molecule has 7 nitrogen and oxygen atoms in total. The van der Waals surface area contributed by atoms with E-state index in [1.165, 1.54) is 24.3 Å². The lowest BCUT2D eigenvalue weighted by atomic mass is 9.95. The van der Waals surface area contributed by atoms with E-state index in [4.69, 9.17) is 4.74 Å². The number of nitrogens with one attached hydrogen (secondary N) is 1. The summed E-state index contributed by atoms with van der Waals surface area (Å²) in [6.45, 7) is 4.01. The molecule has 4 rings (SSSR count). The fraction of sp³-hybridized carbons (Fsp3) is 0.429. The van der Waals surface area contributed by atoms with E-state index in [9.17, 15) is 18.0 Å². The quantitative estimate of drug-likeness (QED) is 0.707. The minimum absolute atomic E-state index is 0.0641. The molecule has 0 atom stereocenters. The number of rotatable bonds is 5. The lowest BCUT2D eigenvalue weighted by molar-refractivity contribution is -0.116. The van der Waals surface area contributed by atoms with Gasteiger partial charge in [0.2, 0.25) is 5.91 Å². The summed E-state index contributed by atoms with van der Waals surface area (Å²) in [5.74, 6) is -0.550. The maximum absolute atomic E-state index is 13.1. The lowest BCUT2D eigenvalue weighted by Gasteiger charge is -2.15. The number of esters is 1. The zero-order chi connectivity index (χ0) is 21.5. The number of hydrogen-bond donors (Lipinski definition) is 1. The van der Waals surface area contributed by atoms with Gasteiger partial charge in [-0.15, -0.1) is 11.3 Å². The summed E-state index contributed by atoms with van der Waals surface area (Å²) in [7, 11) is -3.89. The Hall–Kier alpha value is -2.39. The Bertz CT molecular complexity index is 1120. The molecule has 1 N–H and O–H groups in total. The number of benzene rings is 1. The van der Waals surface area contributed by atoms with Crippen LogP contribution in [0.5, 0.6) is 0 Å². The number of thiophene rings is 1. The van der Waals surface area contributed by atoms with Crippen LogP contribution in [0.25, 0.3) is 0 Å². The average molecular weight is 449 g/mol. The van der Waals surface area contributed by atoms with Gasteiger partial charge in [0.1, 0.15) is 5.00 Å². The summed E-state index contributed by atoms with van der Waals surface area (Å²) < 4.78 is 34.1. The van der Waals surface area contributed by atoms with Crippen LogP contribution in [0.4, 0.5) is 10.7 Å². The summed E-state index contributed by atoms with van der Waals surface area (Å²) in [5, 5.41) is 0.325. The maximum atomic E-state index is 13.1. The number of ether oxygens (including phenoxy) is 1. The van der Waals surface area contributed by atoms with E-state index in [1.807, 2.05) is 0 Å². The van der Waals surface area contributed by atoms with Gasteiger partial charge in [-0.3, -0.25) is 9.52 Å². The Morgan fingerprint density at radius 1 is 1.20 bits per heavy atom. The van der Waals surface area contributed by atoms with Crippen LogP contribution in [-0.2, 0) is 38.8 Å². The Morgan fingerprint density at radius 2 is 1.97 bits per heavy atom. The smallest absolute Gasteiger partial charge is 0.341 e. The van der Waals surface area contributed by atoms with Crippen molar-refractivity contribution < 1.29 is 22.7 Å². The third-order valence-electron chi connectivity index (χ3n) is 5.51. The van der Waals surface area contributed by atoms with Gasteiger partial charge in [-0.05, 0) is 68.4 Å². The molecule has 0 unspecified atom stereocenters. The number of sulfonamides is 1. The van der Waals surface area contributed by atoms with Crippen molar-refractivity contribution >= 4 is 43.9 Å². The second-order valence-corrected chi connectivity index (χ2v) is 10.2. The van der Waals surface area contributed by atoms with Crippen LogP contribution in [-0.4, -0.2) is 33.4 Å². The Balaban J connectivity index is 1.68. The number of nitrogens with zero attached hydrogens (tertiary/aromatic N) is 1. The van der Waals surface area contributed by atoms with E-state index in [0.29, 0.717) is 23.5 Å². The minimum atomic E-state index is -3.89. The number of aryl methyl sites for hydroxylation is 1. The zero-order valence-corrected chi connectivity index (χ0v) is 18.6. The normalized spacial score (nSPS) is 15.5. The van der Waals surface area contributed by atoms with Crippen LogP contribution in [0.1, 0.15) is 53.1 Å². The van der Waals surface area contributed by atoms with Crippen LogP contribution >= 0.6 is 11.3 Å². The minimum Gasteiger partial charge on any atom is -0.462 e. The molecule has 0 saturated carbocycles. The number of fused-ring (bicyclic) bond motifs is 2. The van der Waals surface area contributed by atoms with Gasteiger partial charge in [0.15, 0.2) is 0 Å². The second kappa shape index (κ2) is 8.03. The molecular weight excluding hydrogens is 424 g/mol. The highest BCUT2D eigenvalue weighted by atomic mass is 32.2. The Labute approximate surface area is 180 Å². The zero-order valence-electron chi connectivity index (χ0n) is 17.0. The van der Waals surface area contributed by atoms with Crippen LogP contribution in [0.3, 0.4) is 0 Å². The third kappa shape index (κ3) is 3.72. The van der Waals surface area contributed by atoms with Crippen LogP contribution < -0.4 is 9.62 Å². The number of anilines is 2. The Morgan fingerprint density at radius 3 is 2.70 bits per heavy atom. The lowest BCUT2D eigenvalue weighted by Crippen LogP contribution is -2.25. The van der Waals surface area contributed by atoms with Gasteiger partial charge in [0, 0.05) is 24.0 Å². The van der Waals surface area contributed by atoms with E-state index < -0.39 is 16.0 Å². The first-order valence-electron chi connectivity index (χ1n) is 10.1. The molecular formula is C21H24N2O5S2. The third-order valence-corrected chi connectivity index (χ3v) is 8.20. The van der Waals surface area contributed by atoms with Gasteiger partial charge >= 0.3 is 5.97 Å². The van der Waals surface area contributed by atoms with E-state index in [2.05, 4.69) is 4.72 Å². The van der Waals surface area contributed by atoms with Crippen molar-refractivity contribution in [2.75, 3.05) is 22.8 Å². The molecule has 0 spiro atoms. The molecule has 0 saturated heterocycles. The molecule has 1 aliphatic carbocycles. The highest BCUT2D eigenvalue weighted by Gasteiger charge is 2.30. The van der Waals surface area contributed by atoms with Crippen molar-refractivity contribution in [3.8, 4) is 0 Å². The topological polar surface area (TPSA) is 92.8 Å². The second-order valence-electron chi connectivity index (χ2n) is 7.45. The predicted molar refractivity (Wildman–Crippen MR) is 116 cm³/mol. The van der Waals surface area contributed by atoms with E-state index in [1.54, 1.807) is 24.0 Å². The molecule has 1 aliphatic heterocycles. The van der Waals surface area contributed by atoms with Crippen LogP contribution in [0, 0.1) is 0 Å². The van der Waals surface area contributed by atoms with Gasteiger partial charge in [0.25, 0.3) is 10.0 Å². The SMILES string of the molecule is CCOC(=O)c1c(NS(=O)(=O)c2ccc3c(c2)CCN3C(C)=O)sc2c1CCCC2. The largest absolute Gasteiger partial charge is 0.462 e. The first-order chi connectivity index (χ1) is 14.3. The fourth-order valence-corrected chi connectivity index (χ4v) is 6.74. The fourth-order valence-electron chi connectivity index (χ4n) is 4.11. The van der Waals surface area contributed by atoms with Crippen molar-refractivity contribution in [1.82, 2.24) is 0 Å². The molecule has 0 bridgehead atoms. The van der Waals surface area contributed by atoms with Crippen molar-refractivity contribution in [3.05, 3.63) is 39.8 Å². The monoisotopic (exact) mass is 448 g/mol. The summed E-state index contributed by atoms with van der Waals surface area (Å²) in [5.41, 5.74) is 2.84. The molecule has 160 valence electrons. The van der Waals surface area contributed by atoms with E-state index >= 15 is 0 Å². The molecule has 1 aromatic carbocycles. The average Bonchev–Trinajstić information content (AvgIpc) is 3.28. The summed E-state index contributed by atoms with van der Waals surface area (Å²) in [6.07, 6.45) is 4.20. The van der Waals surface area contributed by atoms with Crippen LogP contribution in [0.2, 0.25) is 0 Å². The van der Waals surface area contributed by atoms with Gasteiger partial charge in [0.05, 0.1) is 17.1 Å². The van der Waals surface area contributed by atoms with Gasteiger partial charge in [-0.1, -0.05) is 0 Å². The van der Waals surface area contributed by atoms with Crippen molar-refractivity contribution in [1.29, 1.82) is 0 Å².